The average molecular weight is 287 g/mol. The van der Waals surface area contributed by atoms with Crippen molar-refractivity contribution in [1.82, 2.24) is 9.88 Å². The molecule has 1 aromatic heterocycles. The zero-order valence-electron chi connectivity index (χ0n) is 13.5. The molecule has 0 radical (unpaired) electrons. The van der Waals surface area contributed by atoms with E-state index >= 15 is 0 Å². The van der Waals surface area contributed by atoms with Crippen LogP contribution in [0, 0.1) is 0 Å². The van der Waals surface area contributed by atoms with Crippen molar-refractivity contribution in [2.24, 2.45) is 4.99 Å². The molecule has 1 atom stereocenters. The van der Waals surface area contributed by atoms with Gasteiger partial charge in [0, 0.05) is 28.7 Å². The Bertz CT molecular complexity index is 641. The first-order chi connectivity index (χ1) is 9.81. The highest BCUT2D eigenvalue weighted by molar-refractivity contribution is 6.01. The third-order valence-electron chi connectivity index (χ3n) is 4.19. The smallest absolute Gasteiger partial charge is 0.198 e. The number of para-hydroxylation sites is 1. The highest BCUT2D eigenvalue weighted by atomic mass is 16.3. The summed E-state index contributed by atoms with van der Waals surface area (Å²) in [6.07, 6.45) is 2.74. The van der Waals surface area contributed by atoms with Crippen LogP contribution in [0.25, 0.3) is 10.9 Å². The first-order valence-corrected chi connectivity index (χ1v) is 7.31. The zero-order chi connectivity index (χ0) is 15.6. The molecule has 2 N–H and O–H groups in total. The molecule has 0 saturated heterocycles. The van der Waals surface area contributed by atoms with Crippen molar-refractivity contribution in [2.75, 3.05) is 14.1 Å². The summed E-state index contributed by atoms with van der Waals surface area (Å²) < 4.78 is 0. The van der Waals surface area contributed by atoms with Gasteiger partial charge in [-0.1, -0.05) is 18.2 Å². The van der Waals surface area contributed by atoms with Crippen molar-refractivity contribution in [3.05, 3.63) is 29.8 Å². The summed E-state index contributed by atoms with van der Waals surface area (Å²) in [7, 11) is 4.17. The van der Waals surface area contributed by atoms with Crippen LogP contribution in [-0.2, 0) is 0 Å². The number of aromatic hydroxyl groups is 1. The number of fused-ring (bicyclic) bond motifs is 1. The third-order valence-corrected chi connectivity index (χ3v) is 4.19. The molecule has 1 aromatic carbocycles. The number of H-pyrrole nitrogens is 1. The van der Waals surface area contributed by atoms with E-state index in [0.717, 1.165) is 22.9 Å². The van der Waals surface area contributed by atoms with E-state index < -0.39 is 0 Å². The van der Waals surface area contributed by atoms with Crippen molar-refractivity contribution in [3.8, 4) is 5.88 Å². The van der Waals surface area contributed by atoms with Crippen molar-refractivity contribution in [3.63, 3.8) is 0 Å². The lowest BCUT2D eigenvalue weighted by Gasteiger charge is -2.33. The van der Waals surface area contributed by atoms with E-state index in [2.05, 4.69) is 49.7 Å². The van der Waals surface area contributed by atoms with Crippen LogP contribution in [0.4, 0.5) is 0 Å². The molecule has 4 heteroatoms. The monoisotopic (exact) mass is 287 g/mol. The predicted molar refractivity (Wildman–Crippen MR) is 89.4 cm³/mol. The number of aromatic nitrogens is 1. The number of aromatic amines is 1. The molecule has 0 aliphatic rings. The Balaban J connectivity index is 2.18. The number of aliphatic imine (C=N–C) groups is 1. The summed E-state index contributed by atoms with van der Waals surface area (Å²) in [6.45, 7) is 6.53. The molecule has 2 aromatic rings. The molecular formula is C17H25N3O. The number of nitrogens with zero attached hydrogens (tertiary/aromatic N) is 2. The van der Waals surface area contributed by atoms with Gasteiger partial charge in [0.25, 0.3) is 0 Å². The Morgan fingerprint density at radius 3 is 2.67 bits per heavy atom. The maximum Gasteiger partial charge on any atom is 0.198 e. The van der Waals surface area contributed by atoms with Crippen LogP contribution < -0.4 is 0 Å². The second-order valence-corrected chi connectivity index (χ2v) is 6.47. The van der Waals surface area contributed by atoms with Gasteiger partial charge in [0.15, 0.2) is 5.88 Å². The molecule has 0 amide bonds. The minimum atomic E-state index is 0.0962. The summed E-state index contributed by atoms with van der Waals surface area (Å²) in [4.78, 5) is 9.80. The van der Waals surface area contributed by atoms with E-state index in [4.69, 9.17) is 0 Å². The van der Waals surface area contributed by atoms with Crippen LogP contribution in [0.5, 0.6) is 5.88 Å². The summed E-state index contributed by atoms with van der Waals surface area (Å²) >= 11 is 0. The first-order valence-electron chi connectivity index (χ1n) is 7.31. The molecule has 2 rings (SSSR count). The topological polar surface area (TPSA) is 51.6 Å². The van der Waals surface area contributed by atoms with Crippen molar-refractivity contribution in [2.45, 2.75) is 38.8 Å². The highest BCUT2D eigenvalue weighted by Crippen LogP contribution is 2.26. The largest absolute Gasteiger partial charge is 0.494 e. The van der Waals surface area contributed by atoms with Crippen molar-refractivity contribution < 1.29 is 5.11 Å². The molecule has 1 unspecified atom stereocenters. The van der Waals surface area contributed by atoms with E-state index in [1.165, 1.54) is 0 Å². The van der Waals surface area contributed by atoms with Gasteiger partial charge in [0.1, 0.15) is 0 Å². The Kier molecular flexibility index (Phi) is 4.37. The van der Waals surface area contributed by atoms with E-state index in [0.29, 0.717) is 0 Å². The number of nitrogens with one attached hydrogen (secondary N) is 1. The second-order valence-electron chi connectivity index (χ2n) is 6.47. The minimum absolute atomic E-state index is 0.0962. The number of hydrogen-bond acceptors (Lipinski definition) is 3. The normalized spacial score (nSPS) is 14.4. The number of hydrogen-bond donors (Lipinski definition) is 2. The molecule has 0 spiro atoms. The lowest BCUT2D eigenvalue weighted by molar-refractivity contribution is 0.174. The average Bonchev–Trinajstić information content (AvgIpc) is 2.71. The fourth-order valence-electron chi connectivity index (χ4n) is 2.44. The molecule has 0 bridgehead atoms. The number of benzene rings is 1. The van der Waals surface area contributed by atoms with Crippen molar-refractivity contribution >= 4 is 17.1 Å². The van der Waals surface area contributed by atoms with Crippen LogP contribution >= 0.6 is 0 Å². The van der Waals surface area contributed by atoms with Gasteiger partial charge in [-0.15, -0.1) is 0 Å². The van der Waals surface area contributed by atoms with Gasteiger partial charge in [-0.05, 0) is 47.4 Å². The van der Waals surface area contributed by atoms with Crippen LogP contribution in [0.1, 0.15) is 32.8 Å². The lowest BCUT2D eigenvalue weighted by atomic mass is 9.95. The molecule has 0 fully saturated rings. The Morgan fingerprint density at radius 2 is 2.00 bits per heavy atom. The summed E-state index contributed by atoms with van der Waals surface area (Å²) in [6, 6.07) is 8.04. The minimum Gasteiger partial charge on any atom is -0.494 e. The number of rotatable bonds is 5. The second kappa shape index (κ2) is 5.90. The van der Waals surface area contributed by atoms with Crippen LogP contribution in [0.2, 0.25) is 0 Å². The van der Waals surface area contributed by atoms with Gasteiger partial charge in [0.05, 0.1) is 5.56 Å². The van der Waals surface area contributed by atoms with Gasteiger partial charge < -0.3 is 15.0 Å². The van der Waals surface area contributed by atoms with Crippen LogP contribution in [-0.4, -0.2) is 46.9 Å². The summed E-state index contributed by atoms with van der Waals surface area (Å²) in [5.74, 6) is 0.180. The molecular weight excluding hydrogens is 262 g/mol. The zero-order valence-corrected chi connectivity index (χ0v) is 13.5. The molecule has 114 valence electrons. The van der Waals surface area contributed by atoms with E-state index in [9.17, 15) is 5.11 Å². The van der Waals surface area contributed by atoms with Gasteiger partial charge in [-0.25, -0.2) is 0 Å². The third kappa shape index (κ3) is 3.45. The van der Waals surface area contributed by atoms with Crippen LogP contribution in [0.15, 0.2) is 29.3 Å². The molecule has 0 aliphatic heterocycles. The summed E-state index contributed by atoms with van der Waals surface area (Å²) in [5.41, 5.74) is 1.79. The van der Waals surface area contributed by atoms with E-state index in [1.807, 2.05) is 24.3 Å². The van der Waals surface area contributed by atoms with Gasteiger partial charge in [-0.3, -0.25) is 4.99 Å². The Hall–Kier alpha value is -1.81. The SMILES string of the molecule is CC(CC(C)(C)N(C)C)N=Cc1c(O)[nH]c2ccccc12. The molecule has 0 saturated carbocycles. The molecule has 4 nitrogen and oxygen atoms in total. The maximum absolute atomic E-state index is 10.0. The Labute approximate surface area is 126 Å². The van der Waals surface area contributed by atoms with E-state index in [-0.39, 0.29) is 17.5 Å². The maximum atomic E-state index is 10.0. The molecule has 21 heavy (non-hydrogen) atoms. The fourth-order valence-corrected chi connectivity index (χ4v) is 2.44. The van der Waals surface area contributed by atoms with Crippen LogP contribution in [0.3, 0.4) is 0 Å². The van der Waals surface area contributed by atoms with Crippen molar-refractivity contribution in [1.29, 1.82) is 0 Å². The van der Waals surface area contributed by atoms with E-state index in [1.54, 1.807) is 6.21 Å². The lowest BCUT2D eigenvalue weighted by Crippen LogP contribution is -2.40. The fraction of sp³-hybridized carbons (Fsp3) is 0.471. The first kappa shape index (κ1) is 15.6. The Morgan fingerprint density at radius 1 is 1.33 bits per heavy atom. The molecule has 1 heterocycles. The summed E-state index contributed by atoms with van der Waals surface area (Å²) in [5, 5.41) is 11.0. The highest BCUT2D eigenvalue weighted by Gasteiger charge is 2.22. The predicted octanol–water partition coefficient (Wildman–Crippen LogP) is 3.41. The molecule has 0 aliphatic carbocycles. The quantitative estimate of drug-likeness (QED) is 0.828. The van der Waals surface area contributed by atoms with Gasteiger partial charge in [-0.2, -0.15) is 0 Å². The van der Waals surface area contributed by atoms with Gasteiger partial charge >= 0.3 is 0 Å². The van der Waals surface area contributed by atoms with Gasteiger partial charge in [0.2, 0.25) is 0 Å². The standard InChI is InChI=1S/C17H25N3O/c1-12(10-17(2,3)20(4)5)18-11-14-13-8-6-7-9-15(13)19-16(14)21/h6-9,11-12,19,21H,10H2,1-5H3.